The number of hydrogen-bond acceptors (Lipinski definition) is 5. The molecule has 0 aromatic heterocycles. The number of hydrogen-bond donors (Lipinski definition) is 1. The smallest absolute Gasteiger partial charge is 0.365 e. The molecule has 0 saturated carbocycles. The second-order valence-corrected chi connectivity index (χ2v) is 8.45. The van der Waals surface area contributed by atoms with Gasteiger partial charge in [0.25, 0.3) is 0 Å². The third kappa shape index (κ3) is 4.91. The number of amides is 2. The van der Waals surface area contributed by atoms with Crippen LogP contribution in [0.25, 0.3) is 0 Å². The zero-order chi connectivity index (χ0) is 23.3. The summed E-state index contributed by atoms with van der Waals surface area (Å²) in [5, 5.41) is 6.95. The molecule has 1 heterocycles. The maximum Gasteiger partial charge on any atom is 0.365 e. The van der Waals surface area contributed by atoms with E-state index in [0.29, 0.717) is 25.2 Å². The van der Waals surface area contributed by atoms with Crippen LogP contribution in [0.5, 0.6) is 0 Å². The van der Waals surface area contributed by atoms with Crippen LogP contribution in [0.4, 0.5) is 13.6 Å². The van der Waals surface area contributed by atoms with Crippen LogP contribution >= 0.6 is 11.8 Å². The summed E-state index contributed by atoms with van der Waals surface area (Å²) < 4.78 is 28.5. The number of nitrogens with two attached hydrogens (primary N) is 1. The van der Waals surface area contributed by atoms with Gasteiger partial charge in [-0.15, -0.1) is 0 Å². The number of thioether (sulfide) groups is 1. The lowest BCUT2D eigenvalue weighted by Gasteiger charge is -2.37. The van der Waals surface area contributed by atoms with E-state index in [0.717, 1.165) is 28.8 Å². The highest BCUT2D eigenvalue weighted by molar-refractivity contribution is 8.15. The summed E-state index contributed by atoms with van der Waals surface area (Å²) in [6.45, 7) is 2.15. The first kappa shape index (κ1) is 23.7. The molecule has 0 bridgehead atoms. The Morgan fingerprint density at radius 3 is 2.66 bits per heavy atom. The Balaban J connectivity index is 2.10. The van der Waals surface area contributed by atoms with Crippen LogP contribution < -0.4 is 5.73 Å². The molecule has 0 fully saturated rings. The molecular weight excluding hydrogens is 436 g/mol. The molecule has 170 valence electrons. The van der Waals surface area contributed by atoms with E-state index in [-0.39, 0.29) is 10.6 Å². The number of halogens is 2. The normalized spacial score (nSPS) is 18.6. The quantitative estimate of drug-likeness (QED) is 0.288. The molecule has 1 aliphatic rings. The summed E-state index contributed by atoms with van der Waals surface area (Å²) in [5.41, 5.74) is 6.42. The molecule has 0 aliphatic carbocycles. The molecule has 2 aromatic rings. The maximum absolute atomic E-state index is 14.6. The SMILES string of the molecule is CON(C)C(=O)N1N=C(c2cc(F)ccc2F)SC1(CCCN=C(C)N)c1ccccc1. The minimum Gasteiger partial charge on any atom is -0.388 e. The number of hydroxylamine groups is 2. The fraction of sp³-hybridized carbons (Fsp3) is 0.318. The summed E-state index contributed by atoms with van der Waals surface area (Å²) >= 11 is 1.20. The van der Waals surface area contributed by atoms with Gasteiger partial charge < -0.3 is 5.73 Å². The summed E-state index contributed by atoms with van der Waals surface area (Å²) in [6.07, 6.45) is 1.01. The molecule has 1 atom stereocenters. The van der Waals surface area contributed by atoms with Crippen molar-refractivity contribution in [2.75, 3.05) is 20.7 Å². The van der Waals surface area contributed by atoms with Crippen LogP contribution in [0.15, 0.2) is 58.6 Å². The molecule has 0 saturated heterocycles. The standard InChI is InChI=1S/C22H25F2N5O2S/c1-15(25)26-13-7-12-22(16-8-5-4-6-9-16)29(21(30)28(2)31-3)27-20(32-22)18-14-17(23)10-11-19(18)24/h4-6,8-11,14H,7,12-13H2,1-3H3,(H2,25,26). The minimum absolute atomic E-state index is 0.0125. The van der Waals surface area contributed by atoms with Gasteiger partial charge in [-0.25, -0.2) is 18.6 Å². The second-order valence-electron chi connectivity index (χ2n) is 7.18. The van der Waals surface area contributed by atoms with E-state index >= 15 is 0 Å². The van der Waals surface area contributed by atoms with Crippen molar-refractivity contribution in [3.63, 3.8) is 0 Å². The first-order chi connectivity index (χ1) is 15.3. The fourth-order valence-electron chi connectivity index (χ4n) is 3.33. The third-order valence-corrected chi connectivity index (χ3v) is 6.39. The number of amidine groups is 1. The van der Waals surface area contributed by atoms with Gasteiger partial charge in [0.15, 0.2) is 0 Å². The average Bonchev–Trinajstić information content (AvgIpc) is 3.18. The molecule has 2 N–H and O–H groups in total. The number of aliphatic imine (C=N–C) groups is 1. The average molecular weight is 462 g/mol. The predicted octanol–water partition coefficient (Wildman–Crippen LogP) is 4.30. The monoisotopic (exact) mass is 461 g/mol. The van der Waals surface area contributed by atoms with Gasteiger partial charge >= 0.3 is 6.03 Å². The van der Waals surface area contributed by atoms with Crippen molar-refractivity contribution < 1.29 is 18.4 Å². The van der Waals surface area contributed by atoms with Crippen molar-refractivity contribution in [1.82, 2.24) is 10.1 Å². The van der Waals surface area contributed by atoms with E-state index in [1.165, 1.54) is 30.9 Å². The maximum atomic E-state index is 14.6. The predicted molar refractivity (Wildman–Crippen MR) is 122 cm³/mol. The number of carbonyl (C=O) groups excluding carboxylic acids is 1. The Kier molecular flexibility index (Phi) is 7.47. The van der Waals surface area contributed by atoms with Crippen molar-refractivity contribution >= 4 is 28.7 Å². The molecule has 10 heteroatoms. The van der Waals surface area contributed by atoms with Gasteiger partial charge in [-0.2, -0.15) is 10.1 Å². The number of hydrazone groups is 1. The van der Waals surface area contributed by atoms with E-state index in [2.05, 4.69) is 10.1 Å². The molecule has 2 amide bonds. The molecule has 1 unspecified atom stereocenters. The molecule has 1 aliphatic heterocycles. The first-order valence-corrected chi connectivity index (χ1v) is 10.8. The molecule has 7 nitrogen and oxygen atoms in total. The highest BCUT2D eigenvalue weighted by atomic mass is 32.2. The van der Waals surface area contributed by atoms with Crippen molar-refractivity contribution in [3.8, 4) is 0 Å². The van der Waals surface area contributed by atoms with Gasteiger partial charge in [0.05, 0.1) is 12.9 Å². The third-order valence-electron chi connectivity index (χ3n) is 4.94. The van der Waals surface area contributed by atoms with E-state index < -0.39 is 22.5 Å². The number of rotatable bonds is 7. The fourth-order valence-corrected chi connectivity index (χ4v) is 4.74. The topological polar surface area (TPSA) is 83.5 Å². The summed E-state index contributed by atoms with van der Waals surface area (Å²) in [7, 11) is 2.82. The van der Waals surface area contributed by atoms with E-state index in [9.17, 15) is 13.6 Å². The highest BCUT2D eigenvalue weighted by Crippen LogP contribution is 2.51. The van der Waals surface area contributed by atoms with Crippen LogP contribution in [-0.2, 0) is 9.71 Å². The molecular formula is C22H25F2N5O2S. The van der Waals surface area contributed by atoms with Crippen molar-refractivity contribution in [2.24, 2.45) is 15.8 Å². The van der Waals surface area contributed by atoms with Gasteiger partial charge in [-0.3, -0.25) is 9.83 Å². The molecule has 2 aromatic carbocycles. The Morgan fingerprint density at radius 2 is 2.00 bits per heavy atom. The van der Waals surface area contributed by atoms with Crippen LogP contribution in [0, 0.1) is 11.6 Å². The van der Waals surface area contributed by atoms with Crippen molar-refractivity contribution in [2.45, 2.75) is 24.6 Å². The van der Waals surface area contributed by atoms with Gasteiger partial charge in [0, 0.05) is 19.2 Å². The molecule has 0 spiro atoms. The van der Waals surface area contributed by atoms with Gasteiger partial charge in [0.1, 0.15) is 21.5 Å². The Labute approximate surface area is 189 Å². The zero-order valence-corrected chi connectivity index (χ0v) is 18.9. The van der Waals surface area contributed by atoms with Gasteiger partial charge in [-0.1, -0.05) is 42.1 Å². The Hall–Kier alpha value is -2.98. The van der Waals surface area contributed by atoms with Gasteiger partial charge in [0.2, 0.25) is 0 Å². The Morgan fingerprint density at radius 1 is 1.28 bits per heavy atom. The van der Waals surface area contributed by atoms with Crippen molar-refractivity contribution in [3.05, 3.63) is 71.3 Å². The lowest BCUT2D eigenvalue weighted by molar-refractivity contribution is -0.0805. The largest absolute Gasteiger partial charge is 0.388 e. The molecule has 32 heavy (non-hydrogen) atoms. The number of benzene rings is 2. The van der Waals surface area contributed by atoms with E-state index in [1.54, 1.807) is 6.92 Å². The summed E-state index contributed by atoms with van der Waals surface area (Å²) in [4.78, 5) is 21.5. The number of carbonyl (C=O) groups is 1. The van der Waals surface area contributed by atoms with Crippen LogP contribution in [0.1, 0.15) is 30.9 Å². The zero-order valence-electron chi connectivity index (χ0n) is 18.1. The second kappa shape index (κ2) is 10.1. The minimum atomic E-state index is -1.02. The summed E-state index contributed by atoms with van der Waals surface area (Å²) in [5.74, 6) is -0.762. The van der Waals surface area contributed by atoms with E-state index in [1.807, 2.05) is 30.3 Å². The molecule has 3 rings (SSSR count). The number of nitrogens with zero attached hydrogens (tertiary/aromatic N) is 4. The highest BCUT2D eigenvalue weighted by Gasteiger charge is 2.49. The van der Waals surface area contributed by atoms with Crippen LogP contribution in [0.2, 0.25) is 0 Å². The lowest BCUT2D eigenvalue weighted by Crippen LogP contribution is -2.46. The number of urea groups is 1. The lowest BCUT2D eigenvalue weighted by atomic mass is 10.0. The van der Waals surface area contributed by atoms with Crippen LogP contribution in [-0.4, -0.2) is 47.7 Å². The first-order valence-electron chi connectivity index (χ1n) is 9.95. The van der Waals surface area contributed by atoms with Gasteiger partial charge in [-0.05, 0) is 43.5 Å². The van der Waals surface area contributed by atoms with E-state index in [4.69, 9.17) is 10.6 Å². The molecule has 0 radical (unpaired) electrons. The Bertz CT molecular complexity index is 1030. The van der Waals surface area contributed by atoms with Crippen molar-refractivity contribution in [1.29, 1.82) is 0 Å². The van der Waals surface area contributed by atoms with Crippen LogP contribution in [0.3, 0.4) is 0 Å². The summed E-state index contributed by atoms with van der Waals surface area (Å²) in [6, 6.07) is 11.9.